The predicted octanol–water partition coefficient (Wildman–Crippen LogP) is 0.485. The van der Waals surface area contributed by atoms with Crippen LogP contribution in [0.15, 0.2) is 34.1 Å². The summed E-state index contributed by atoms with van der Waals surface area (Å²) in [5, 5.41) is 4.02. The van der Waals surface area contributed by atoms with Gasteiger partial charge in [-0.3, -0.25) is 14.0 Å². The second-order valence-electron chi connectivity index (χ2n) is 3.24. The first kappa shape index (κ1) is 10.9. The highest BCUT2D eigenvalue weighted by Gasteiger charge is 2.01. The third kappa shape index (κ3) is 2.30. The van der Waals surface area contributed by atoms with Crippen LogP contribution in [0.25, 0.3) is 0 Å². The Kier molecular flexibility index (Phi) is 3.04. The Morgan fingerprint density at radius 2 is 2.25 bits per heavy atom. The van der Waals surface area contributed by atoms with E-state index in [1.54, 1.807) is 16.9 Å². The Labute approximate surface area is 99.8 Å². The number of aryl methyl sites for hydroxylation is 2. The Morgan fingerprint density at radius 1 is 1.44 bits per heavy atom. The predicted molar refractivity (Wildman–Crippen MR) is 62.8 cm³/mol. The minimum Gasteiger partial charge on any atom is -0.382 e. The van der Waals surface area contributed by atoms with Crippen LogP contribution in [0.1, 0.15) is 0 Å². The van der Waals surface area contributed by atoms with E-state index in [0.29, 0.717) is 23.4 Å². The van der Waals surface area contributed by atoms with Gasteiger partial charge in [0.2, 0.25) is 0 Å². The third-order valence-electron chi connectivity index (χ3n) is 2.09. The van der Waals surface area contributed by atoms with Gasteiger partial charge in [0.15, 0.2) is 0 Å². The van der Waals surface area contributed by atoms with Crippen molar-refractivity contribution in [3.63, 3.8) is 0 Å². The first-order chi connectivity index (χ1) is 7.66. The zero-order chi connectivity index (χ0) is 11.5. The minimum atomic E-state index is -0.102. The molecule has 6 nitrogen and oxygen atoms in total. The summed E-state index contributed by atoms with van der Waals surface area (Å²) in [5.41, 5.74) is 5.38. The van der Waals surface area contributed by atoms with E-state index in [4.69, 9.17) is 5.73 Å². The van der Waals surface area contributed by atoms with Gasteiger partial charge >= 0.3 is 0 Å². The number of rotatable bonds is 3. The molecule has 0 saturated heterocycles. The van der Waals surface area contributed by atoms with Crippen molar-refractivity contribution in [1.29, 1.82) is 0 Å². The maximum atomic E-state index is 11.6. The molecule has 0 atom stereocenters. The highest BCUT2D eigenvalue weighted by molar-refractivity contribution is 9.10. The van der Waals surface area contributed by atoms with Crippen molar-refractivity contribution in [2.75, 3.05) is 5.73 Å². The molecule has 7 heteroatoms. The minimum absolute atomic E-state index is 0.102. The lowest BCUT2D eigenvalue weighted by Crippen LogP contribution is -2.23. The molecule has 0 unspecified atom stereocenters. The fraction of sp³-hybridized carbons (Fsp3) is 0.222. The molecule has 0 amide bonds. The summed E-state index contributed by atoms with van der Waals surface area (Å²) in [7, 11) is 0. The Bertz CT molecular complexity index is 547. The van der Waals surface area contributed by atoms with Crippen LogP contribution in [-0.2, 0) is 13.1 Å². The molecular weight excluding hydrogens is 274 g/mol. The number of aromatic nitrogens is 4. The van der Waals surface area contributed by atoms with Crippen molar-refractivity contribution in [1.82, 2.24) is 19.3 Å². The summed E-state index contributed by atoms with van der Waals surface area (Å²) in [4.78, 5) is 15.5. The molecule has 84 valence electrons. The van der Waals surface area contributed by atoms with E-state index in [0.717, 1.165) is 0 Å². The van der Waals surface area contributed by atoms with E-state index in [2.05, 4.69) is 26.0 Å². The van der Waals surface area contributed by atoms with Gasteiger partial charge in [-0.15, -0.1) is 0 Å². The van der Waals surface area contributed by atoms with Crippen molar-refractivity contribution in [3.05, 3.63) is 39.6 Å². The highest BCUT2D eigenvalue weighted by atomic mass is 79.9. The number of nitrogens with two attached hydrogens (primary N) is 1. The largest absolute Gasteiger partial charge is 0.382 e. The van der Waals surface area contributed by atoms with Gasteiger partial charge in [-0.2, -0.15) is 5.10 Å². The van der Waals surface area contributed by atoms with E-state index < -0.39 is 0 Å². The van der Waals surface area contributed by atoms with Gasteiger partial charge in [0.05, 0.1) is 12.9 Å². The molecule has 0 spiro atoms. The molecule has 16 heavy (non-hydrogen) atoms. The molecule has 0 aliphatic carbocycles. The number of anilines is 1. The molecule has 0 radical (unpaired) electrons. The maximum Gasteiger partial charge on any atom is 0.267 e. The molecule has 2 rings (SSSR count). The molecule has 0 fully saturated rings. The summed E-state index contributed by atoms with van der Waals surface area (Å²) in [6.45, 7) is 1.08. The van der Waals surface area contributed by atoms with Crippen molar-refractivity contribution in [3.8, 4) is 0 Å². The van der Waals surface area contributed by atoms with Crippen LogP contribution < -0.4 is 11.3 Å². The number of halogens is 1. The second kappa shape index (κ2) is 4.48. The van der Waals surface area contributed by atoms with Crippen LogP contribution >= 0.6 is 15.9 Å². The fourth-order valence-corrected chi connectivity index (χ4v) is 1.64. The molecule has 0 bridgehead atoms. The molecule has 2 N–H and O–H groups in total. The zero-order valence-electron chi connectivity index (χ0n) is 8.38. The normalized spacial score (nSPS) is 10.6. The summed E-state index contributed by atoms with van der Waals surface area (Å²) in [5.74, 6) is 0.472. The first-order valence-electron chi connectivity index (χ1n) is 4.65. The summed E-state index contributed by atoms with van der Waals surface area (Å²) >= 11 is 3.14. The van der Waals surface area contributed by atoms with Gasteiger partial charge in [-0.25, -0.2) is 4.98 Å². The molecule has 0 aliphatic heterocycles. The number of nitrogen functional groups attached to an aromatic ring is 1. The lowest BCUT2D eigenvalue weighted by Gasteiger charge is -2.05. The smallest absolute Gasteiger partial charge is 0.267 e. The highest BCUT2D eigenvalue weighted by Crippen LogP contribution is 1.99. The topological polar surface area (TPSA) is 78.7 Å². The lowest BCUT2D eigenvalue weighted by atomic mass is 10.5. The molecule has 0 saturated carbocycles. The van der Waals surface area contributed by atoms with E-state index in [-0.39, 0.29) is 5.56 Å². The Morgan fingerprint density at radius 3 is 2.94 bits per heavy atom. The fourth-order valence-electron chi connectivity index (χ4n) is 1.30. The van der Waals surface area contributed by atoms with Gasteiger partial charge in [0.1, 0.15) is 10.3 Å². The maximum absolute atomic E-state index is 11.6. The van der Waals surface area contributed by atoms with Crippen LogP contribution in [0.3, 0.4) is 0 Å². The van der Waals surface area contributed by atoms with E-state index in [1.807, 2.05) is 0 Å². The first-order valence-corrected chi connectivity index (χ1v) is 5.45. The third-order valence-corrected chi connectivity index (χ3v) is 2.63. The van der Waals surface area contributed by atoms with Gasteiger partial charge in [-0.05, 0) is 22.0 Å². The van der Waals surface area contributed by atoms with Gasteiger partial charge in [0.25, 0.3) is 5.56 Å². The monoisotopic (exact) mass is 283 g/mol. The SMILES string of the molecule is Nc1ccn(CCn2cncc(Br)c2=O)n1. The van der Waals surface area contributed by atoms with Gasteiger partial charge < -0.3 is 5.73 Å². The molecule has 2 heterocycles. The van der Waals surface area contributed by atoms with Crippen LogP contribution in [0, 0.1) is 0 Å². The average molecular weight is 284 g/mol. The Hall–Kier alpha value is -1.63. The van der Waals surface area contributed by atoms with E-state index >= 15 is 0 Å². The van der Waals surface area contributed by atoms with Crippen LogP contribution in [0.2, 0.25) is 0 Å². The number of hydrogen-bond donors (Lipinski definition) is 1. The molecule has 0 aromatic carbocycles. The molecule has 2 aromatic rings. The van der Waals surface area contributed by atoms with Crippen molar-refractivity contribution >= 4 is 21.7 Å². The van der Waals surface area contributed by atoms with Crippen LogP contribution in [0.4, 0.5) is 5.82 Å². The summed E-state index contributed by atoms with van der Waals surface area (Å²) < 4.78 is 3.65. The average Bonchev–Trinajstić information content (AvgIpc) is 2.67. The molecular formula is C9H10BrN5O. The second-order valence-corrected chi connectivity index (χ2v) is 4.10. The van der Waals surface area contributed by atoms with Crippen molar-refractivity contribution < 1.29 is 0 Å². The standard InChI is InChI=1S/C9H10BrN5O/c10-7-5-12-6-14(9(7)16)3-4-15-2-1-8(11)13-15/h1-2,5-6H,3-4H2,(H2,11,13). The summed E-state index contributed by atoms with van der Waals surface area (Å²) in [6.07, 6.45) is 4.75. The zero-order valence-corrected chi connectivity index (χ0v) is 9.96. The van der Waals surface area contributed by atoms with Crippen molar-refractivity contribution in [2.24, 2.45) is 0 Å². The van der Waals surface area contributed by atoms with Crippen LogP contribution in [-0.4, -0.2) is 19.3 Å². The quantitative estimate of drug-likeness (QED) is 0.889. The number of hydrogen-bond acceptors (Lipinski definition) is 4. The summed E-state index contributed by atoms with van der Waals surface area (Å²) in [6, 6.07) is 1.71. The number of nitrogens with zero attached hydrogens (tertiary/aromatic N) is 4. The lowest BCUT2D eigenvalue weighted by molar-refractivity contribution is 0.519. The molecule has 2 aromatic heterocycles. The Balaban J connectivity index is 2.11. The molecule has 0 aliphatic rings. The van der Waals surface area contributed by atoms with Gasteiger partial charge in [-0.1, -0.05) is 0 Å². The van der Waals surface area contributed by atoms with Gasteiger partial charge in [0, 0.05) is 18.9 Å². The van der Waals surface area contributed by atoms with Crippen molar-refractivity contribution in [2.45, 2.75) is 13.1 Å². The van der Waals surface area contributed by atoms with E-state index in [9.17, 15) is 4.79 Å². The van der Waals surface area contributed by atoms with Crippen LogP contribution in [0.5, 0.6) is 0 Å². The van der Waals surface area contributed by atoms with E-state index in [1.165, 1.54) is 17.1 Å².